The monoisotopic (exact) mass is 506 g/mol. The molecular formula is C25H30N8O2S. The molecule has 4 N–H and O–H groups in total. The highest BCUT2D eigenvalue weighted by Gasteiger charge is 2.35. The van der Waals surface area contributed by atoms with Gasteiger partial charge in [-0.05, 0) is 45.1 Å². The Balaban J connectivity index is 1.61. The number of rotatable bonds is 7. The van der Waals surface area contributed by atoms with Crippen molar-refractivity contribution in [3.05, 3.63) is 33.5 Å². The normalized spacial score (nSPS) is 15.7. The second-order valence-corrected chi connectivity index (χ2v) is 11.2. The standard InChI is InChI=1S/C25H30N8O2S/c1-5-7-17-18(15(10-26)21(27)36-17)13-8-6-9-14-19(32-35-20(13)14)23-29-22-16(11-28-31-22)24(30-23)33(4)12-25(2,3)34/h11,13,34H,5-9,12,27H2,1-4H3,(H,28,29,30,31). The molecule has 1 atom stereocenters. The van der Waals surface area contributed by atoms with E-state index in [2.05, 4.69) is 28.3 Å². The van der Waals surface area contributed by atoms with Crippen LogP contribution in [0.15, 0.2) is 10.7 Å². The van der Waals surface area contributed by atoms with Crippen LogP contribution in [0.4, 0.5) is 10.8 Å². The number of nitrogen functional groups attached to an aromatic ring is 1. The number of hydrogen-bond donors (Lipinski definition) is 3. The smallest absolute Gasteiger partial charge is 0.186 e. The van der Waals surface area contributed by atoms with E-state index in [9.17, 15) is 10.4 Å². The first-order chi connectivity index (χ1) is 17.2. The van der Waals surface area contributed by atoms with Crippen LogP contribution < -0.4 is 10.6 Å². The van der Waals surface area contributed by atoms with Crippen molar-refractivity contribution in [2.45, 2.75) is 64.4 Å². The lowest BCUT2D eigenvalue weighted by atomic mass is 9.81. The van der Waals surface area contributed by atoms with E-state index in [1.807, 2.05) is 11.9 Å². The fraction of sp³-hybridized carbons (Fsp3) is 0.480. The topological polar surface area (TPSA) is 154 Å². The number of H-pyrrole nitrogens is 1. The predicted molar refractivity (Wildman–Crippen MR) is 139 cm³/mol. The first kappa shape index (κ1) is 24.2. The lowest BCUT2D eigenvalue weighted by Gasteiger charge is -2.26. The zero-order valence-corrected chi connectivity index (χ0v) is 21.7. The third-order valence-electron chi connectivity index (χ3n) is 6.53. The van der Waals surface area contributed by atoms with E-state index in [-0.39, 0.29) is 5.92 Å². The molecule has 1 aliphatic rings. The summed E-state index contributed by atoms with van der Waals surface area (Å²) in [4.78, 5) is 12.6. The van der Waals surface area contributed by atoms with Gasteiger partial charge in [-0.25, -0.2) is 9.97 Å². The van der Waals surface area contributed by atoms with Crippen LogP contribution >= 0.6 is 11.3 Å². The fourth-order valence-electron chi connectivity index (χ4n) is 5.18. The van der Waals surface area contributed by atoms with Gasteiger partial charge in [0.15, 0.2) is 17.2 Å². The zero-order valence-electron chi connectivity index (χ0n) is 20.9. The number of thiophene rings is 1. The molecule has 188 valence electrons. The van der Waals surface area contributed by atoms with Crippen LogP contribution in [-0.2, 0) is 12.8 Å². The number of nitriles is 1. The fourth-order valence-corrected chi connectivity index (χ4v) is 6.37. The summed E-state index contributed by atoms with van der Waals surface area (Å²) in [5.41, 5.74) is 9.03. The van der Waals surface area contributed by atoms with Gasteiger partial charge in [-0.2, -0.15) is 10.4 Å². The van der Waals surface area contributed by atoms with Gasteiger partial charge in [0.2, 0.25) is 0 Å². The minimum Gasteiger partial charge on any atom is -0.389 e. The summed E-state index contributed by atoms with van der Waals surface area (Å²) in [6, 6.07) is 2.33. The van der Waals surface area contributed by atoms with E-state index in [0.717, 1.165) is 59.3 Å². The Morgan fingerprint density at radius 1 is 1.39 bits per heavy atom. The lowest BCUT2D eigenvalue weighted by molar-refractivity contribution is 0.0885. The summed E-state index contributed by atoms with van der Waals surface area (Å²) in [5.74, 6) is 1.78. The Bertz CT molecular complexity index is 1460. The van der Waals surface area contributed by atoms with Gasteiger partial charge in [-0.3, -0.25) is 5.10 Å². The summed E-state index contributed by atoms with van der Waals surface area (Å²) in [5, 5.41) is 33.1. The summed E-state index contributed by atoms with van der Waals surface area (Å²) in [6.45, 7) is 6.01. The van der Waals surface area contributed by atoms with E-state index in [0.29, 0.717) is 40.1 Å². The lowest BCUT2D eigenvalue weighted by Crippen LogP contribution is -2.36. The number of anilines is 2. The number of aromatic nitrogens is 5. The summed E-state index contributed by atoms with van der Waals surface area (Å²) in [7, 11) is 1.88. The molecule has 0 saturated heterocycles. The van der Waals surface area contributed by atoms with Gasteiger partial charge in [0.25, 0.3) is 0 Å². The molecule has 4 aromatic heterocycles. The number of aryl methyl sites for hydroxylation is 1. The number of aliphatic hydroxyl groups is 1. The van der Waals surface area contributed by atoms with Crippen LogP contribution in [0.5, 0.6) is 0 Å². The molecule has 4 heterocycles. The molecule has 0 radical (unpaired) electrons. The van der Waals surface area contributed by atoms with Crippen molar-refractivity contribution in [1.29, 1.82) is 5.26 Å². The van der Waals surface area contributed by atoms with Crippen molar-refractivity contribution >= 4 is 33.2 Å². The molecule has 0 aliphatic heterocycles. The summed E-state index contributed by atoms with van der Waals surface area (Å²) >= 11 is 1.51. The van der Waals surface area contributed by atoms with Gasteiger partial charge in [0.05, 0.1) is 22.7 Å². The number of likely N-dealkylation sites (N-methyl/N-ethyl adjacent to an activating group) is 1. The molecule has 1 aliphatic carbocycles. The van der Waals surface area contributed by atoms with E-state index in [1.165, 1.54) is 11.3 Å². The van der Waals surface area contributed by atoms with Crippen LogP contribution in [0.3, 0.4) is 0 Å². The second kappa shape index (κ2) is 9.19. The Morgan fingerprint density at radius 3 is 2.92 bits per heavy atom. The summed E-state index contributed by atoms with van der Waals surface area (Å²) in [6.07, 6.45) is 6.10. The van der Waals surface area contributed by atoms with Gasteiger partial charge in [-0.15, -0.1) is 11.3 Å². The molecule has 0 aromatic carbocycles. The number of nitrogens with zero attached hydrogens (tertiary/aromatic N) is 6. The quantitative estimate of drug-likeness (QED) is 0.335. The Morgan fingerprint density at radius 2 is 2.19 bits per heavy atom. The highest BCUT2D eigenvalue weighted by molar-refractivity contribution is 7.16. The Kier molecular flexibility index (Phi) is 6.18. The molecule has 5 rings (SSSR count). The Hall–Kier alpha value is -3.49. The van der Waals surface area contributed by atoms with Crippen LogP contribution in [0.1, 0.15) is 73.3 Å². The van der Waals surface area contributed by atoms with Gasteiger partial charge in [-0.1, -0.05) is 18.5 Å². The number of nitrogens with one attached hydrogen (secondary N) is 1. The Labute approximate surface area is 213 Å². The molecule has 1 unspecified atom stereocenters. The van der Waals surface area contributed by atoms with Crippen molar-refractivity contribution in [3.63, 3.8) is 0 Å². The minimum atomic E-state index is -0.909. The molecule has 10 nitrogen and oxygen atoms in total. The maximum absolute atomic E-state index is 10.4. The molecule has 0 spiro atoms. The highest BCUT2D eigenvalue weighted by atomic mass is 32.1. The molecule has 4 aromatic rings. The third-order valence-corrected chi connectivity index (χ3v) is 7.62. The van der Waals surface area contributed by atoms with Crippen molar-refractivity contribution in [1.82, 2.24) is 25.3 Å². The molecule has 0 fully saturated rings. The number of nitrogens with two attached hydrogens (primary N) is 1. The first-order valence-corrected chi connectivity index (χ1v) is 13.0. The van der Waals surface area contributed by atoms with Crippen molar-refractivity contribution < 1.29 is 9.63 Å². The average molecular weight is 507 g/mol. The van der Waals surface area contributed by atoms with Crippen LogP contribution in [0.2, 0.25) is 0 Å². The molecular weight excluding hydrogens is 476 g/mol. The number of aromatic amines is 1. The van der Waals surface area contributed by atoms with Crippen molar-refractivity contribution in [3.8, 4) is 17.6 Å². The minimum absolute atomic E-state index is 0.0760. The van der Waals surface area contributed by atoms with E-state index >= 15 is 0 Å². The zero-order chi connectivity index (χ0) is 25.6. The first-order valence-electron chi connectivity index (χ1n) is 12.2. The predicted octanol–water partition coefficient (Wildman–Crippen LogP) is 4.15. The third kappa shape index (κ3) is 4.20. The molecule has 11 heteroatoms. The number of hydrogen-bond acceptors (Lipinski definition) is 10. The van der Waals surface area contributed by atoms with Gasteiger partial charge >= 0.3 is 0 Å². The SMILES string of the molecule is CCCc1sc(N)c(C#N)c1C1CCCc2c(-c3nc(N(C)CC(C)(C)O)c4cn[nH]c4n3)noc21. The molecule has 0 amide bonds. The van der Waals surface area contributed by atoms with Gasteiger partial charge in [0, 0.05) is 30.0 Å². The maximum Gasteiger partial charge on any atom is 0.186 e. The second-order valence-electron chi connectivity index (χ2n) is 10.0. The van der Waals surface area contributed by atoms with E-state index in [4.69, 9.17) is 20.2 Å². The van der Waals surface area contributed by atoms with E-state index in [1.54, 1.807) is 20.0 Å². The summed E-state index contributed by atoms with van der Waals surface area (Å²) < 4.78 is 5.97. The average Bonchev–Trinajstić information content (AvgIpc) is 3.53. The number of fused-ring (bicyclic) bond motifs is 2. The molecule has 0 bridgehead atoms. The maximum atomic E-state index is 10.4. The van der Waals surface area contributed by atoms with E-state index < -0.39 is 5.60 Å². The van der Waals surface area contributed by atoms with Gasteiger partial charge in [0.1, 0.15) is 22.6 Å². The van der Waals surface area contributed by atoms with Crippen molar-refractivity contribution in [2.24, 2.45) is 0 Å². The van der Waals surface area contributed by atoms with Crippen LogP contribution in [0.25, 0.3) is 22.6 Å². The molecule has 36 heavy (non-hydrogen) atoms. The van der Waals surface area contributed by atoms with Crippen molar-refractivity contribution in [2.75, 3.05) is 24.2 Å². The van der Waals surface area contributed by atoms with Crippen LogP contribution in [-0.4, -0.2) is 49.6 Å². The van der Waals surface area contributed by atoms with Gasteiger partial charge < -0.3 is 20.3 Å². The highest BCUT2D eigenvalue weighted by Crippen LogP contribution is 2.46. The molecule has 0 saturated carbocycles. The largest absolute Gasteiger partial charge is 0.389 e. The van der Waals surface area contributed by atoms with Crippen LogP contribution in [0, 0.1) is 11.3 Å².